The minimum atomic E-state index is -1.43. The van der Waals surface area contributed by atoms with Crippen LogP contribution in [0.25, 0.3) is 0 Å². The van der Waals surface area contributed by atoms with Gasteiger partial charge in [-0.25, -0.2) is 8.78 Å². The fraction of sp³-hybridized carbons (Fsp3) is 0.312. The predicted octanol–water partition coefficient (Wildman–Crippen LogP) is 3.03. The number of carbonyl (C=O) groups is 1. The number of aliphatic hydroxyl groups is 1. The molecule has 0 aliphatic carbocycles. The number of amides is 1. The van der Waals surface area contributed by atoms with Gasteiger partial charge in [-0.2, -0.15) is 0 Å². The van der Waals surface area contributed by atoms with Crippen LogP contribution >= 0.6 is 0 Å². The average Bonchev–Trinajstić information content (AvgIpc) is 2.46. The van der Waals surface area contributed by atoms with E-state index < -0.39 is 29.2 Å². The van der Waals surface area contributed by atoms with E-state index in [9.17, 15) is 18.7 Å². The fourth-order valence-electron chi connectivity index (χ4n) is 1.79. The number of rotatable bonds is 6. The van der Waals surface area contributed by atoms with Gasteiger partial charge in [0.25, 0.3) is 0 Å². The molecule has 0 saturated carbocycles. The van der Waals surface area contributed by atoms with Crippen LogP contribution in [0.2, 0.25) is 0 Å². The van der Waals surface area contributed by atoms with Crippen molar-refractivity contribution in [3.05, 3.63) is 59.2 Å². The lowest BCUT2D eigenvalue weighted by molar-refractivity contribution is -0.117. The molecular formula is C16H19F2NO2. The number of benzene rings is 1. The van der Waals surface area contributed by atoms with E-state index in [1.54, 1.807) is 6.08 Å². The molecule has 3 nitrogen and oxygen atoms in total. The summed E-state index contributed by atoms with van der Waals surface area (Å²) in [5, 5.41) is 12.2. The number of hydrogen-bond donors (Lipinski definition) is 2. The Bertz CT molecular complexity index is 533. The lowest BCUT2D eigenvalue weighted by atomic mass is 10.1. The zero-order chi connectivity index (χ0) is 15.8. The van der Waals surface area contributed by atoms with Gasteiger partial charge in [-0.15, -0.1) is 0 Å². The molecule has 5 heteroatoms. The van der Waals surface area contributed by atoms with E-state index in [-0.39, 0.29) is 6.54 Å². The summed E-state index contributed by atoms with van der Waals surface area (Å²) in [6, 6.07) is 3.33. The van der Waals surface area contributed by atoms with Crippen molar-refractivity contribution in [1.82, 2.24) is 5.32 Å². The molecule has 0 aliphatic heterocycles. The summed E-state index contributed by atoms with van der Waals surface area (Å²) in [6.45, 7) is 3.56. The first kappa shape index (κ1) is 17.0. The third kappa shape index (κ3) is 5.11. The van der Waals surface area contributed by atoms with Crippen molar-refractivity contribution in [2.24, 2.45) is 0 Å². The van der Waals surface area contributed by atoms with Crippen LogP contribution < -0.4 is 5.32 Å². The third-order valence-electron chi connectivity index (χ3n) is 3.03. The summed E-state index contributed by atoms with van der Waals surface area (Å²) in [6.07, 6.45) is 4.22. The van der Waals surface area contributed by atoms with Crippen molar-refractivity contribution in [3.8, 4) is 0 Å². The zero-order valence-corrected chi connectivity index (χ0v) is 12.1. The van der Waals surface area contributed by atoms with Crippen molar-refractivity contribution in [2.75, 3.05) is 6.54 Å². The normalized spacial score (nSPS) is 13.5. The Labute approximate surface area is 123 Å². The molecule has 0 fully saturated rings. The summed E-state index contributed by atoms with van der Waals surface area (Å²) in [7, 11) is 0. The topological polar surface area (TPSA) is 49.3 Å². The molecule has 1 rings (SSSR count). The molecule has 0 radical (unpaired) electrons. The number of aliphatic hydroxyl groups excluding tert-OH is 1. The Morgan fingerprint density at radius 2 is 1.95 bits per heavy atom. The van der Waals surface area contributed by atoms with E-state index in [0.717, 1.165) is 24.1 Å². The minimum Gasteiger partial charge on any atom is -0.386 e. The van der Waals surface area contributed by atoms with Crippen molar-refractivity contribution in [1.29, 1.82) is 0 Å². The molecule has 0 bridgehead atoms. The van der Waals surface area contributed by atoms with Crippen LogP contribution in [0.4, 0.5) is 8.78 Å². The maximum absolute atomic E-state index is 13.4. The van der Waals surface area contributed by atoms with E-state index in [2.05, 4.69) is 5.32 Å². The van der Waals surface area contributed by atoms with Gasteiger partial charge in [-0.05, 0) is 25.5 Å². The van der Waals surface area contributed by atoms with Crippen LogP contribution in [-0.2, 0) is 4.79 Å². The highest BCUT2D eigenvalue weighted by Crippen LogP contribution is 2.19. The van der Waals surface area contributed by atoms with Gasteiger partial charge in [0.15, 0.2) is 0 Å². The second-order valence-electron chi connectivity index (χ2n) is 4.45. The van der Waals surface area contributed by atoms with E-state index in [1.165, 1.54) is 12.1 Å². The quantitative estimate of drug-likeness (QED) is 0.626. The van der Waals surface area contributed by atoms with Crippen molar-refractivity contribution < 1.29 is 18.7 Å². The Hall–Kier alpha value is -2.01. The number of halogens is 2. The SMILES string of the molecule is CC=C(C=CC(=O)NCC(O)c1c(F)cccc1F)CC. The molecule has 1 aromatic carbocycles. The maximum Gasteiger partial charge on any atom is 0.244 e. The van der Waals surface area contributed by atoms with Gasteiger partial charge in [-0.1, -0.05) is 30.7 Å². The lowest BCUT2D eigenvalue weighted by Crippen LogP contribution is -2.27. The van der Waals surface area contributed by atoms with E-state index in [0.29, 0.717) is 0 Å². The molecule has 21 heavy (non-hydrogen) atoms. The van der Waals surface area contributed by atoms with E-state index >= 15 is 0 Å². The molecular weight excluding hydrogens is 276 g/mol. The predicted molar refractivity (Wildman–Crippen MR) is 77.5 cm³/mol. The van der Waals surface area contributed by atoms with Crippen LogP contribution in [0.5, 0.6) is 0 Å². The lowest BCUT2D eigenvalue weighted by Gasteiger charge is -2.13. The van der Waals surface area contributed by atoms with Crippen molar-refractivity contribution in [3.63, 3.8) is 0 Å². The monoisotopic (exact) mass is 295 g/mol. The largest absolute Gasteiger partial charge is 0.386 e. The fourth-order valence-corrected chi connectivity index (χ4v) is 1.79. The van der Waals surface area contributed by atoms with Gasteiger partial charge in [0.2, 0.25) is 5.91 Å². The molecule has 0 saturated heterocycles. The number of nitrogens with one attached hydrogen (secondary N) is 1. The minimum absolute atomic E-state index is 0.266. The van der Waals surface area contributed by atoms with Crippen LogP contribution in [-0.4, -0.2) is 17.6 Å². The van der Waals surface area contributed by atoms with Crippen LogP contribution in [0.3, 0.4) is 0 Å². The van der Waals surface area contributed by atoms with E-state index in [4.69, 9.17) is 0 Å². The highest BCUT2D eigenvalue weighted by atomic mass is 19.1. The standard InChI is InChI=1S/C16H19F2NO2/c1-3-11(4-2)8-9-15(21)19-10-14(20)16-12(17)6-5-7-13(16)18/h3,5-9,14,20H,4,10H2,1-2H3,(H,19,21). The van der Waals surface area contributed by atoms with E-state index in [1.807, 2.05) is 19.9 Å². The number of carbonyl (C=O) groups excluding carboxylic acids is 1. The summed E-state index contributed by atoms with van der Waals surface area (Å²) in [5.74, 6) is -2.11. The first-order valence-corrected chi connectivity index (χ1v) is 6.72. The van der Waals surface area contributed by atoms with Gasteiger partial charge in [0.1, 0.15) is 17.7 Å². The molecule has 1 unspecified atom stereocenters. The van der Waals surface area contributed by atoms with Gasteiger partial charge in [-0.3, -0.25) is 4.79 Å². The highest BCUT2D eigenvalue weighted by Gasteiger charge is 2.17. The Morgan fingerprint density at radius 1 is 1.33 bits per heavy atom. The highest BCUT2D eigenvalue weighted by molar-refractivity contribution is 5.87. The molecule has 1 amide bonds. The molecule has 2 N–H and O–H groups in total. The zero-order valence-electron chi connectivity index (χ0n) is 12.1. The Morgan fingerprint density at radius 3 is 2.48 bits per heavy atom. The van der Waals surface area contributed by atoms with Crippen LogP contribution in [0.15, 0.2) is 42.0 Å². The second kappa shape index (κ2) is 8.32. The molecule has 1 atom stereocenters. The smallest absolute Gasteiger partial charge is 0.244 e. The number of allylic oxidation sites excluding steroid dienone is 3. The van der Waals surface area contributed by atoms with Crippen molar-refractivity contribution in [2.45, 2.75) is 26.4 Å². The molecule has 1 aromatic rings. The van der Waals surface area contributed by atoms with Gasteiger partial charge in [0.05, 0.1) is 5.56 Å². The van der Waals surface area contributed by atoms with Gasteiger partial charge >= 0.3 is 0 Å². The Balaban J connectivity index is 2.61. The average molecular weight is 295 g/mol. The Kier molecular flexibility index (Phi) is 6.75. The third-order valence-corrected chi connectivity index (χ3v) is 3.03. The van der Waals surface area contributed by atoms with Gasteiger partial charge < -0.3 is 10.4 Å². The number of hydrogen-bond acceptors (Lipinski definition) is 2. The molecule has 0 aromatic heterocycles. The summed E-state index contributed by atoms with van der Waals surface area (Å²) >= 11 is 0. The van der Waals surface area contributed by atoms with Crippen LogP contribution in [0.1, 0.15) is 31.9 Å². The molecule has 0 aliphatic rings. The molecule has 114 valence electrons. The summed E-state index contributed by atoms with van der Waals surface area (Å²) in [5.41, 5.74) is 0.551. The second-order valence-corrected chi connectivity index (χ2v) is 4.45. The van der Waals surface area contributed by atoms with Crippen molar-refractivity contribution >= 4 is 5.91 Å². The first-order chi connectivity index (χ1) is 9.99. The van der Waals surface area contributed by atoms with Gasteiger partial charge in [0, 0.05) is 12.6 Å². The summed E-state index contributed by atoms with van der Waals surface area (Å²) in [4.78, 5) is 11.6. The van der Waals surface area contributed by atoms with Crippen LogP contribution in [0, 0.1) is 11.6 Å². The summed E-state index contributed by atoms with van der Waals surface area (Å²) < 4.78 is 26.9. The maximum atomic E-state index is 13.4. The first-order valence-electron chi connectivity index (χ1n) is 6.72. The molecule has 0 spiro atoms. The molecule has 0 heterocycles.